The maximum Gasteiger partial charge on any atom is 0.272 e. The molecule has 124 valence electrons. The van der Waals surface area contributed by atoms with Gasteiger partial charge in [0.15, 0.2) is 0 Å². The molecule has 0 aromatic heterocycles. The van der Waals surface area contributed by atoms with Crippen LogP contribution in [0.2, 0.25) is 0 Å². The first-order valence-electron chi connectivity index (χ1n) is 7.41. The van der Waals surface area contributed by atoms with Crippen LogP contribution in [0.25, 0.3) is 0 Å². The van der Waals surface area contributed by atoms with Crippen molar-refractivity contribution in [1.29, 1.82) is 0 Å². The lowest BCUT2D eigenvalue weighted by Gasteiger charge is -2.28. The highest BCUT2D eigenvalue weighted by atomic mass is 19.3. The van der Waals surface area contributed by atoms with E-state index in [1.807, 2.05) is 13.8 Å². The highest BCUT2D eigenvalue weighted by Gasteiger charge is 2.33. The van der Waals surface area contributed by atoms with Crippen molar-refractivity contribution in [2.75, 3.05) is 18.5 Å². The molecular formula is C16H24F2N2O2. The Balaban J connectivity index is 2.89. The van der Waals surface area contributed by atoms with Crippen LogP contribution in [-0.2, 0) is 4.79 Å². The first-order chi connectivity index (χ1) is 10.4. The predicted octanol–water partition coefficient (Wildman–Crippen LogP) is 3.34. The molecule has 0 bridgehead atoms. The van der Waals surface area contributed by atoms with Crippen molar-refractivity contribution < 1.29 is 18.3 Å². The fraction of sp³-hybridized carbons (Fsp3) is 0.562. The van der Waals surface area contributed by atoms with Crippen LogP contribution >= 0.6 is 0 Å². The van der Waals surface area contributed by atoms with Gasteiger partial charge in [-0.3, -0.25) is 4.79 Å². The lowest BCUT2D eigenvalue weighted by molar-refractivity contribution is -0.125. The zero-order valence-electron chi connectivity index (χ0n) is 13.3. The Morgan fingerprint density at radius 3 is 2.50 bits per heavy atom. The van der Waals surface area contributed by atoms with E-state index in [1.165, 1.54) is 0 Å². The SMILES string of the molecule is CCC(CC)(CN)C(=O)Nc1ccc(C)c(OCC(F)F)c1. The van der Waals surface area contributed by atoms with Gasteiger partial charge < -0.3 is 15.8 Å². The number of carbonyl (C=O) groups excluding carboxylic acids is 1. The van der Waals surface area contributed by atoms with Crippen molar-refractivity contribution in [3.05, 3.63) is 23.8 Å². The van der Waals surface area contributed by atoms with E-state index in [2.05, 4.69) is 5.32 Å². The Morgan fingerprint density at radius 1 is 1.36 bits per heavy atom. The minimum absolute atomic E-state index is 0.163. The smallest absolute Gasteiger partial charge is 0.272 e. The number of amides is 1. The summed E-state index contributed by atoms with van der Waals surface area (Å²) in [5, 5.41) is 2.80. The van der Waals surface area contributed by atoms with E-state index >= 15 is 0 Å². The number of alkyl halides is 2. The summed E-state index contributed by atoms with van der Waals surface area (Å²) in [6, 6.07) is 5.00. The number of hydrogen-bond acceptors (Lipinski definition) is 3. The topological polar surface area (TPSA) is 64.4 Å². The lowest BCUT2D eigenvalue weighted by atomic mass is 9.81. The fourth-order valence-electron chi connectivity index (χ4n) is 2.20. The summed E-state index contributed by atoms with van der Waals surface area (Å²) in [6.45, 7) is 5.18. The van der Waals surface area contributed by atoms with E-state index in [9.17, 15) is 13.6 Å². The van der Waals surface area contributed by atoms with Crippen LogP contribution in [0.1, 0.15) is 32.3 Å². The van der Waals surface area contributed by atoms with Crippen LogP contribution in [0.3, 0.4) is 0 Å². The molecular weight excluding hydrogens is 290 g/mol. The van der Waals surface area contributed by atoms with Crippen LogP contribution in [0.5, 0.6) is 5.75 Å². The minimum atomic E-state index is -2.54. The molecule has 1 rings (SSSR count). The standard InChI is InChI=1S/C16H24F2N2O2/c1-4-16(5-2,10-19)15(21)20-12-7-6-11(3)13(8-12)22-9-14(17)18/h6-8,14H,4-5,9-10,19H2,1-3H3,(H,20,21). The Bertz CT molecular complexity index is 495. The molecule has 0 heterocycles. The second-order valence-electron chi connectivity index (χ2n) is 5.33. The predicted molar refractivity (Wildman–Crippen MR) is 83.4 cm³/mol. The summed E-state index contributed by atoms with van der Waals surface area (Å²) in [6.07, 6.45) is -1.28. The van der Waals surface area contributed by atoms with Gasteiger partial charge in [0.25, 0.3) is 6.43 Å². The Labute approximate surface area is 130 Å². The van der Waals surface area contributed by atoms with E-state index < -0.39 is 18.4 Å². The molecule has 1 amide bonds. The van der Waals surface area contributed by atoms with Gasteiger partial charge >= 0.3 is 0 Å². The van der Waals surface area contributed by atoms with Gasteiger partial charge in [-0.15, -0.1) is 0 Å². The highest BCUT2D eigenvalue weighted by Crippen LogP contribution is 2.29. The summed E-state index contributed by atoms with van der Waals surface area (Å²) < 4.78 is 29.6. The van der Waals surface area contributed by atoms with Crippen molar-refractivity contribution in [1.82, 2.24) is 0 Å². The van der Waals surface area contributed by atoms with Gasteiger partial charge in [-0.25, -0.2) is 8.78 Å². The number of anilines is 1. The third-order valence-corrected chi connectivity index (χ3v) is 4.04. The number of rotatable bonds is 8. The van der Waals surface area contributed by atoms with Gasteiger partial charge in [0.1, 0.15) is 12.4 Å². The van der Waals surface area contributed by atoms with E-state index in [-0.39, 0.29) is 12.5 Å². The van der Waals surface area contributed by atoms with Crippen LogP contribution in [0.15, 0.2) is 18.2 Å². The van der Waals surface area contributed by atoms with Gasteiger partial charge in [0, 0.05) is 18.3 Å². The van der Waals surface area contributed by atoms with Crippen molar-refractivity contribution in [3.8, 4) is 5.75 Å². The maximum absolute atomic E-state index is 12.4. The van der Waals surface area contributed by atoms with Crippen molar-refractivity contribution >= 4 is 11.6 Å². The number of hydrogen-bond donors (Lipinski definition) is 2. The number of benzene rings is 1. The Kier molecular flexibility index (Phi) is 6.74. The number of aryl methyl sites for hydroxylation is 1. The average Bonchev–Trinajstić information content (AvgIpc) is 2.50. The maximum atomic E-state index is 12.4. The monoisotopic (exact) mass is 314 g/mol. The number of nitrogens with one attached hydrogen (secondary N) is 1. The normalized spacial score (nSPS) is 11.6. The fourth-order valence-corrected chi connectivity index (χ4v) is 2.20. The second-order valence-corrected chi connectivity index (χ2v) is 5.33. The average molecular weight is 314 g/mol. The number of halogens is 2. The zero-order valence-corrected chi connectivity index (χ0v) is 13.3. The van der Waals surface area contributed by atoms with Crippen LogP contribution in [0.4, 0.5) is 14.5 Å². The molecule has 0 spiro atoms. The van der Waals surface area contributed by atoms with Gasteiger partial charge in [0.2, 0.25) is 5.91 Å². The molecule has 0 saturated heterocycles. The number of carbonyl (C=O) groups is 1. The molecule has 0 radical (unpaired) electrons. The summed E-state index contributed by atoms with van der Waals surface area (Å²) in [7, 11) is 0. The van der Waals surface area contributed by atoms with Crippen molar-refractivity contribution in [2.45, 2.75) is 40.0 Å². The molecule has 22 heavy (non-hydrogen) atoms. The van der Waals surface area contributed by atoms with Crippen LogP contribution in [0, 0.1) is 12.3 Å². The molecule has 4 nitrogen and oxygen atoms in total. The van der Waals surface area contributed by atoms with Crippen molar-refractivity contribution in [3.63, 3.8) is 0 Å². The molecule has 6 heteroatoms. The third-order valence-electron chi connectivity index (χ3n) is 4.04. The summed E-state index contributed by atoms with van der Waals surface area (Å²) in [5.74, 6) is 0.174. The molecule has 1 aromatic rings. The van der Waals surface area contributed by atoms with Crippen LogP contribution in [-0.4, -0.2) is 25.5 Å². The lowest BCUT2D eigenvalue weighted by Crippen LogP contribution is -2.41. The minimum Gasteiger partial charge on any atom is -0.487 e. The molecule has 3 N–H and O–H groups in total. The van der Waals surface area contributed by atoms with Crippen LogP contribution < -0.4 is 15.8 Å². The van der Waals surface area contributed by atoms with Gasteiger partial charge in [-0.1, -0.05) is 19.9 Å². The summed E-state index contributed by atoms with van der Waals surface area (Å²) in [4.78, 5) is 12.4. The molecule has 0 aliphatic rings. The van der Waals surface area contributed by atoms with Gasteiger partial charge in [-0.05, 0) is 31.4 Å². The van der Waals surface area contributed by atoms with Crippen molar-refractivity contribution in [2.24, 2.45) is 11.1 Å². The van der Waals surface area contributed by atoms with Gasteiger partial charge in [-0.2, -0.15) is 0 Å². The van der Waals surface area contributed by atoms with Gasteiger partial charge in [0.05, 0.1) is 5.41 Å². The Hall–Kier alpha value is -1.69. The molecule has 0 saturated carbocycles. The number of nitrogens with two attached hydrogens (primary N) is 1. The zero-order chi connectivity index (χ0) is 16.8. The summed E-state index contributed by atoms with van der Waals surface area (Å²) >= 11 is 0. The van der Waals surface area contributed by atoms with E-state index in [0.717, 1.165) is 5.56 Å². The van der Waals surface area contributed by atoms with E-state index in [4.69, 9.17) is 10.5 Å². The molecule has 0 unspecified atom stereocenters. The first kappa shape index (κ1) is 18.4. The first-order valence-corrected chi connectivity index (χ1v) is 7.41. The molecule has 0 fully saturated rings. The Morgan fingerprint density at radius 2 is 2.00 bits per heavy atom. The molecule has 0 aliphatic heterocycles. The largest absolute Gasteiger partial charge is 0.487 e. The molecule has 1 aromatic carbocycles. The highest BCUT2D eigenvalue weighted by molar-refractivity contribution is 5.95. The molecule has 0 aliphatic carbocycles. The summed E-state index contributed by atoms with van der Waals surface area (Å²) in [5.41, 5.74) is 6.38. The molecule has 0 atom stereocenters. The van der Waals surface area contributed by atoms with E-state index in [1.54, 1.807) is 25.1 Å². The third kappa shape index (κ3) is 4.40. The van der Waals surface area contributed by atoms with E-state index in [0.29, 0.717) is 24.3 Å². The quantitative estimate of drug-likeness (QED) is 0.773. The number of ether oxygens (including phenoxy) is 1. The second kappa shape index (κ2) is 8.08.